The average Bonchev–Trinajstić information content (AvgIpc) is 1.90. The smallest absolute Gasteiger partial charge is 0.00302 e. The minimum absolute atomic E-state index is 0.693. The van der Waals surface area contributed by atoms with E-state index in [2.05, 4.69) is 38.2 Å². The summed E-state index contributed by atoms with van der Waals surface area (Å²) in [4.78, 5) is 0. The van der Waals surface area contributed by atoms with E-state index < -0.39 is 0 Å². The van der Waals surface area contributed by atoms with E-state index in [1.807, 2.05) is 0 Å². The minimum Gasteiger partial charge on any atom is -0.0841 e. The molecule has 0 heteroatoms. The lowest BCUT2D eigenvalue weighted by Gasteiger charge is -2.13. The van der Waals surface area contributed by atoms with E-state index in [0.717, 1.165) is 12.3 Å². The lowest BCUT2D eigenvalue weighted by molar-refractivity contribution is 0.545. The Hall–Kier alpha value is -0.520. The Morgan fingerprint density at radius 3 is 2.11 bits per heavy atom. The third-order valence-corrected chi connectivity index (χ3v) is 1.76. The summed E-state index contributed by atoms with van der Waals surface area (Å²) in [7, 11) is 0. The molecule has 1 rings (SSSR count). The predicted molar refractivity (Wildman–Crippen MR) is 41.2 cm³/mol. The summed E-state index contributed by atoms with van der Waals surface area (Å²) in [6.45, 7) is 4.51. The molecule has 1 aliphatic carbocycles. The molecular formula is C9H14. The highest BCUT2D eigenvalue weighted by molar-refractivity contribution is 5.09. The van der Waals surface area contributed by atoms with Crippen LogP contribution in [0.1, 0.15) is 20.3 Å². The van der Waals surface area contributed by atoms with Gasteiger partial charge in [0.15, 0.2) is 0 Å². The maximum atomic E-state index is 2.30. The van der Waals surface area contributed by atoms with E-state index in [1.54, 1.807) is 0 Å². The van der Waals surface area contributed by atoms with Crippen LogP contribution in [-0.2, 0) is 0 Å². The van der Waals surface area contributed by atoms with Crippen molar-refractivity contribution in [3.8, 4) is 0 Å². The zero-order valence-corrected chi connectivity index (χ0v) is 6.17. The molecule has 0 nitrogen and oxygen atoms in total. The van der Waals surface area contributed by atoms with Crippen LogP contribution in [0.5, 0.6) is 0 Å². The maximum absolute atomic E-state index is 2.30. The average molecular weight is 122 g/mol. The second-order valence-corrected chi connectivity index (χ2v) is 2.91. The van der Waals surface area contributed by atoms with E-state index in [1.165, 1.54) is 0 Å². The van der Waals surface area contributed by atoms with E-state index in [9.17, 15) is 0 Å². The van der Waals surface area contributed by atoms with Crippen LogP contribution in [0.2, 0.25) is 0 Å². The molecule has 9 heavy (non-hydrogen) atoms. The van der Waals surface area contributed by atoms with Gasteiger partial charge in [0.2, 0.25) is 0 Å². The SMILES string of the molecule is CC(C)C1C=CCC=C1. The molecule has 0 aromatic carbocycles. The van der Waals surface area contributed by atoms with Gasteiger partial charge in [0.25, 0.3) is 0 Å². The molecule has 0 heterocycles. The van der Waals surface area contributed by atoms with Gasteiger partial charge in [-0.05, 0) is 18.3 Å². The molecule has 0 N–H and O–H groups in total. The summed E-state index contributed by atoms with van der Waals surface area (Å²) >= 11 is 0. The van der Waals surface area contributed by atoms with Crippen LogP contribution in [0, 0.1) is 11.8 Å². The summed E-state index contributed by atoms with van der Waals surface area (Å²) < 4.78 is 0. The fourth-order valence-corrected chi connectivity index (χ4v) is 1.06. The Bertz CT molecular complexity index is 117. The quantitative estimate of drug-likeness (QED) is 0.469. The largest absolute Gasteiger partial charge is 0.0841 e. The van der Waals surface area contributed by atoms with Gasteiger partial charge in [-0.15, -0.1) is 0 Å². The fraction of sp³-hybridized carbons (Fsp3) is 0.556. The second kappa shape index (κ2) is 2.86. The van der Waals surface area contributed by atoms with E-state index in [0.29, 0.717) is 5.92 Å². The highest BCUT2D eigenvalue weighted by atomic mass is 14.1. The topological polar surface area (TPSA) is 0 Å². The molecule has 0 fully saturated rings. The zero-order valence-electron chi connectivity index (χ0n) is 6.17. The van der Waals surface area contributed by atoms with Crippen molar-refractivity contribution < 1.29 is 0 Å². The Balaban J connectivity index is 2.49. The molecule has 0 spiro atoms. The summed E-state index contributed by atoms with van der Waals surface area (Å²) in [6.07, 6.45) is 10.2. The van der Waals surface area contributed by atoms with Crippen molar-refractivity contribution in [1.82, 2.24) is 0 Å². The van der Waals surface area contributed by atoms with E-state index in [-0.39, 0.29) is 0 Å². The number of hydrogen-bond acceptors (Lipinski definition) is 0. The minimum atomic E-state index is 0.693. The van der Waals surface area contributed by atoms with E-state index >= 15 is 0 Å². The van der Waals surface area contributed by atoms with Crippen molar-refractivity contribution in [1.29, 1.82) is 0 Å². The van der Waals surface area contributed by atoms with Crippen LogP contribution in [0.4, 0.5) is 0 Å². The number of allylic oxidation sites excluding steroid dienone is 4. The molecule has 0 aromatic rings. The van der Waals surface area contributed by atoms with E-state index in [4.69, 9.17) is 0 Å². The van der Waals surface area contributed by atoms with Gasteiger partial charge in [-0.1, -0.05) is 38.2 Å². The van der Waals surface area contributed by atoms with Crippen LogP contribution in [0.3, 0.4) is 0 Å². The maximum Gasteiger partial charge on any atom is -0.00302 e. The lowest BCUT2D eigenvalue weighted by atomic mass is 9.92. The molecular weight excluding hydrogens is 108 g/mol. The first-order chi connectivity index (χ1) is 4.30. The van der Waals surface area contributed by atoms with Crippen molar-refractivity contribution in [3.63, 3.8) is 0 Å². The first-order valence-electron chi connectivity index (χ1n) is 3.64. The van der Waals surface area contributed by atoms with Crippen LogP contribution < -0.4 is 0 Å². The molecule has 0 atom stereocenters. The number of rotatable bonds is 1. The molecule has 0 aromatic heterocycles. The van der Waals surface area contributed by atoms with Crippen molar-refractivity contribution in [3.05, 3.63) is 24.3 Å². The molecule has 50 valence electrons. The van der Waals surface area contributed by atoms with Gasteiger partial charge >= 0.3 is 0 Å². The van der Waals surface area contributed by atoms with Crippen molar-refractivity contribution in [2.75, 3.05) is 0 Å². The standard InChI is InChI=1S/C9H14/c1-8(2)9-6-4-3-5-7-9/h4-9H,3H2,1-2H3. The van der Waals surface area contributed by atoms with Gasteiger partial charge in [-0.3, -0.25) is 0 Å². The monoisotopic (exact) mass is 122 g/mol. The molecule has 1 aliphatic rings. The summed E-state index contributed by atoms with van der Waals surface area (Å²) in [6, 6.07) is 0. The third-order valence-electron chi connectivity index (χ3n) is 1.76. The van der Waals surface area contributed by atoms with Crippen molar-refractivity contribution in [2.45, 2.75) is 20.3 Å². The van der Waals surface area contributed by atoms with Gasteiger partial charge < -0.3 is 0 Å². The summed E-state index contributed by atoms with van der Waals surface area (Å²) in [5.74, 6) is 1.46. The Morgan fingerprint density at radius 2 is 1.78 bits per heavy atom. The number of hydrogen-bond donors (Lipinski definition) is 0. The fourth-order valence-electron chi connectivity index (χ4n) is 1.06. The highest BCUT2D eigenvalue weighted by Crippen LogP contribution is 2.17. The first kappa shape index (κ1) is 6.60. The molecule has 0 saturated carbocycles. The molecule has 0 bridgehead atoms. The third kappa shape index (κ3) is 1.70. The molecule has 0 aliphatic heterocycles. The second-order valence-electron chi connectivity index (χ2n) is 2.91. The van der Waals surface area contributed by atoms with Crippen LogP contribution in [0.25, 0.3) is 0 Å². The Labute approximate surface area is 57.3 Å². The van der Waals surface area contributed by atoms with Crippen molar-refractivity contribution >= 4 is 0 Å². The van der Waals surface area contributed by atoms with Gasteiger partial charge in [0.05, 0.1) is 0 Å². The Kier molecular flexibility index (Phi) is 2.10. The predicted octanol–water partition coefficient (Wildman–Crippen LogP) is 2.77. The highest BCUT2D eigenvalue weighted by Gasteiger charge is 2.05. The van der Waals surface area contributed by atoms with Crippen LogP contribution >= 0.6 is 0 Å². The molecule has 0 radical (unpaired) electrons. The van der Waals surface area contributed by atoms with Crippen molar-refractivity contribution in [2.24, 2.45) is 11.8 Å². The van der Waals surface area contributed by atoms with Gasteiger partial charge in [-0.2, -0.15) is 0 Å². The van der Waals surface area contributed by atoms with Gasteiger partial charge in [0.1, 0.15) is 0 Å². The normalized spacial score (nSPS) is 19.4. The van der Waals surface area contributed by atoms with Gasteiger partial charge in [0, 0.05) is 0 Å². The van der Waals surface area contributed by atoms with Crippen LogP contribution in [-0.4, -0.2) is 0 Å². The molecule has 0 unspecified atom stereocenters. The molecule has 0 saturated heterocycles. The lowest BCUT2D eigenvalue weighted by Crippen LogP contribution is -2.02. The first-order valence-corrected chi connectivity index (χ1v) is 3.64. The summed E-state index contributed by atoms with van der Waals surface area (Å²) in [5.41, 5.74) is 0. The van der Waals surface area contributed by atoms with Gasteiger partial charge in [-0.25, -0.2) is 0 Å². The molecule has 0 amide bonds. The summed E-state index contributed by atoms with van der Waals surface area (Å²) in [5, 5.41) is 0. The Morgan fingerprint density at radius 1 is 1.22 bits per heavy atom. The zero-order chi connectivity index (χ0) is 6.69. The van der Waals surface area contributed by atoms with Crippen LogP contribution in [0.15, 0.2) is 24.3 Å².